The standard InChI is InChI=1S/C17H23F2N3O4/c1-16(2,3)26-15(25)21-13-10-22(7-5-17(13,18)19)9-11-4-6-20-12(8-11)14(23)24/h4,6,8,13H,5,7,9-10H2,1-3H3,(H,21,25)(H,23,24)/t13-/m0/s1. The lowest BCUT2D eigenvalue weighted by molar-refractivity contribution is -0.0859. The summed E-state index contributed by atoms with van der Waals surface area (Å²) in [5.74, 6) is -4.20. The third-order valence-corrected chi connectivity index (χ3v) is 3.85. The number of piperidine rings is 1. The number of aromatic carboxylic acids is 1. The molecule has 0 saturated carbocycles. The molecule has 1 aliphatic heterocycles. The minimum Gasteiger partial charge on any atom is -0.477 e. The van der Waals surface area contributed by atoms with Crippen LogP contribution in [0.25, 0.3) is 0 Å². The van der Waals surface area contributed by atoms with Crippen molar-refractivity contribution in [2.75, 3.05) is 13.1 Å². The molecule has 9 heteroatoms. The summed E-state index contributed by atoms with van der Waals surface area (Å²) in [6.45, 7) is 5.30. The van der Waals surface area contributed by atoms with Gasteiger partial charge in [-0.05, 0) is 38.5 Å². The number of alkyl halides is 2. The number of pyridine rings is 1. The molecule has 1 fully saturated rings. The Labute approximate surface area is 150 Å². The van der Waals surface area contributed by atoms with Gasteiger partial charge in [-0.25, -0.2) is 23.4 Å². The summed E-state index contributed by atoms with van der Waals surface area (Å²) in [6.07, 6.45) is 0.0686. The third kappa shape index (κ3) is 5.62. The Balaban J connectivity index is 2.03. The van der Waals surface area contributed by atoms with Crippen LogP contribution in [0, 0.1) is 0 Å². The van der Waals surface area contributed by atoms with Crippen LogP contribution >= 0.6 is 0 Å². The number of amides is 1. The molecule has 1 aromatic rings. The highest BCUT2D eigenvalue weighted by atomic mass is 19.3. The van der Waals surface area contributed by atoms with Crippen LogP contribution in [0.5, 0.6) is 0 Å². The molecular weight excluding hydrogens is 348 g/mol. The summed E-state index contributed by atoms with van der Waals surface area (Å²) in [4.78, 5) is 28.3. The number of carboxylic acid groups (broad SMARTS) is 1. The second-order valence-electron chi connectivity index (χ2n) is 7.30. The smallest absolute Gasteiger partial charge is 0.408 e. The van der Waals surface area contributed by atoms with E-state index in [0.29, 0.717) is 5.56 Å². The van der Waals surface area contributed by atoms with Crippen LogP contribution in [0.15, 0.2) is 18.3 Å². The van der Waals surface area contributed by atoms with Crippen molar-refractivity contribution >= 4 is 12.1 Å². The van der Waals surface area contributed by atoms with Gasteiger partial charge >= 0.3 is 12.1 Å². The quantitative estimate of drug-likeness (QED) is 0.845. The van der Waals surface area contributed by atoms with E-state index in [1.165, 1.54) is 12.3 Å². The predicted octanol–water partition coefficient (Wildman–Crippen LogP) is 2.51. The minimum atomic E-state index is -3.04. The lowest BCUT2D eigenvalue weighted by atomic mass is 10.0. The molecule has 1 aliphatic rings. The number of carboxylic acids is 1. The average molecular weight is 371 g/mol. The Bertz CT molecular complexity index is 676. The van der Waals surface area contributed by atoms with Crippen LogP contribution in [-0.4, -0.2) is 57.7 Å². The van der Waals surface area contributed by atoms with Crippen molar-refractivity contribution in [3.8, 4) is 0 Å². The largest absolute Gasteiger partial charge is 0.477 e. The van der Waals surface area contributed by atoms with Crippen molar-refractivity contribution in [3.05, 3.63) is 29.6 Å². The van der Waals surface area contributed by atoms with E-state index >= 15 is 0 Å². The lowest BCUT2D eigenvalue weighted by Gasteiger charge is -2.38. The van der Waals surface area contributed by atoms with Gasteiger partial charge in [-0.15, -0.1) is 0 Å². The van der Waals surface area contributed by atoms with Gasteiger partial charge in [-0.2, -0.15) is 0 Å². The van der Waals surface area contributed by atoms with Gasteiger partial charge in [0.2, 0.25) is 0 Å². The number of hydrogen-bond acceptors (Lipinski definition) is 5. The summed E-state index contributed by atoms with van der Waals surface area (Å²) in [5.41, 5.74) is -0.232. The Morgan fingerprint density at radius 2 is 2.15 bits per heavy atom. The van der Waals surface area contributed by atoms with Gasteiger partial charge in [0.05, 0.1) is 0 Å². The molecule has 2 N–H and O–H groups in total. The molecule has 0 aliphatic carbocycles. The molecule has 2 rings (SSSR count). The summed E-state index contributed by atoms with van der Waals surface area (Å²) in [7, 11) is 0. The number of likely N-dealkylation sites (tertiary alicyclic amines) is 1. The molecule has 7 nitrogen and oxygen atoms in total. The van der Waals surface area contributed by atoms with Gasteiger partial charge in [0.1, 0.15) is 17.3 Å². The first-order valence-electron chi connectivity index (χ1n) is 8.24. The first-order chi connectivity index (χ1) is 12.0. The molecule has 1 atom stereocenters. The third-order valence-electron chi connectivity index (χ3n) is 3.85. The summed E-state index contributed by atoms with van der Waals surface area (Å²) in [6, 6.07) is 1.66. The zero-order valence-corrected chi connectivity index (χ0v) is 15.0. The van der Waals surface area contributed by atoms with E-state index < -0.39 is 36.0 Å². The monoisotopic (exact) mass is 371 g/mol. The van der Waals surface area contributed by atoms with Gasteiger partial charge in [0, 0.05) is 32.3 Å². The Kier molecular flexibility index (Phi) is 5.80. The first kappa shape index (κ1) is 20.0. The maximum absolute atomic E-state index is 14.2. The van der Waals surface area contributed by atoms with Crippen molar-refractivity contribution < 1.29 is 28.2 Å². The fourth-order valence-corrected chi connectivity index (χ4v) is 2.66. The average Bonchev–Trinajstić information content (AvgIpc) is 2.49. The number of aromatic nitrogens is 1. The number of nitrogens with one attached hydrogen (secondary N) is 1. The molecule has 1 aromatic heterocycles. The number of hydrogen-bond donors (Lipinski definition) is 2. The summed E-state index contributed by atoms with van der Waals surface area (Å²) < 4.78 is 33.4. The number of alkyl carbamates (subject to hydrolysis) is 1. The van der Waals surface area contributed by atoms with Crippen LogP contribution < -0.4 is 5.32 Å². The van der Waals surface area contributed by atoms with E-state index in [1.807, 2.05) is 0 Å². The van der Waals surface area contributed by atoms with E-state index in [9.17, 15) is 18.4 Å². The molecule has 144 valence electrons. The molecule has 0 aromatic carbocycles. The van der Waals surface area contributed by atoms with E-state index in [0.717, 1.165) is 0 Å². The van der Waals surface area contributed by atoms with Gasteiger partial charge in [0.25, 0.3) is 5.92 Å². The van der Waals surface area contributed by atoms with E-state index in [-0.39, 0.29) is 25.3 Å². The van der Waals surface area contributed by atoms with E-state index in [1.54, 1.807) is 31.7 Å². The highest BCUT2D eigenvalue weighted by molar-refractivity contribution is 5.85. The zero-order chi connectivity index (χ0) is 19.5. The highest BCUT2D eigenvalue weighted by Crippen LogP contribution is 2.29. The Morgan fingerprint density at radius 1 is 1.46 bits per heavy atom. The second kappa shape index (κ2) is 7.53. The first-order valence-corrected chi connectivity index (χ1v) is 8.24. The number of carbonyl (C=O) groups excluding carboxylic acids is 1. The molecule has 1 amide bonds. The summed E-state index contributed by atoms with van der Waals surface area (Å²) in [5, 5.41) is 11.2. The molecule has 26 heavy (non-hydrogen) atoms. The molecule has 0 radical (unpaired) electrons. The maximum Gasteiger partial charge on any atom is 0.408 e. The number of nitrogens with zero attached hydrogens (tertiary/aromatic N) is 2. The van der Waals surface area contributed by atoms with Crippen molar-refractivity contribution in [3.63, 3.8) is 0 Å². The molecule has 0 bridgehead atoms. The predicted molar refractivity (Wildman–Crippen MR) is 89.2 cm³/mol. The summed E-state index contributed by atoms with van der Waals surface area (Å²) >= 11 is 0. The number of ether oxygens (including phenoxy) is 1. The Hall–Kier alpha value is -2.29. The maximum atomic E-state index is 14.2. The molecule has 1 saturated heterocycles. The van der Waals surface area contributed by atoms with Crippen molar-refractivity contribution in [2.45, 2.75) is 51.3 Å². The van der Waals surface area contributed by atoms with Gasteiger partial charge < -0.3 is 15.2 Å². The molecular formula is C17H23F2N3O4. The van der Waals surface area contributed by atoms with Crippen LogP contribution in [-0.2, 0) is 11.3 Å². The molecule has 0 spiro atoms. The number of rotatable bonds is 4. The fourth-order valence-electron chi connectivity index (χ4n) is 2.66. The second-order valence-corrected chi connectivity index (χ2v) is 7.30. The molecule has 2 heterocycles. The van der Waals surface area contributed by atoms with Crippen molar-refractivity contribution in [1.82, 2.24) is 15.2 Å². The van der Waals surface area contributed by atoms with Crippen LogP contribution in [0.4, 0.5) is 13.6 Å². The number of halogens is 2. The van der Waals surface area contributed by atoms with Gasteiger partial charge in [-0.1, -0.05) is 0 Å². The van der Waals surface area contributed by atoms with Crippen molar-refractivity contribution in [2.24, 2.45) is 0 Å². The SMILES string of the molecule is CC(C)(C)OC(=O)N[C@H]1CN(Cc2ccnc(C(=O)O)c2)CCC1(F)F. The molecule has 0 unspecified atom stereocenters. The van der Waals surface area contributed by atoms with Gasteiger partial charge in [0.15, 0.2) is 0 Å². The van der Waals surface area contributed by atoms with Crippen molar-refractivity contribution in [1.29, 1.82) is 0 Å². The Morgan fingerprint density at radius 3 is 2.77 bits per heavy atom. The zero-order valence-electron chi connectivity index (χ0n) is 15.0. The van der Waals surface area contributed by atoms with Gasteiger partial charge in [-0.3, -0.25) is 4.90 Å². The van der Waals surface area contributed by atoms with E-state index in [4.69, 9.17) is 9.84 Å². The van der Waals surface area contributed by atoms with E-state index in [2.05, 4.69) is 10.3 Å². The van der Waals surface area contributed by atoms with Crippen LogP contribution in [0.1, 0.15) is 43.2 Å². The lowest BCUT2D eigenvalue weighted by Crippen LogP contribution is -2.58. The topological polar surface area (TPSA) is 91.8 Å². The van der Waals surface area contributed by atoms with Crippen LogP contribution in [0.2, 0.25) is 0 Å². The fraction of sp³-hybridized carbons (Fsp3) is 0.588. The minimum absolute atomic E-state index is 0.0724. The number of carbonyl (C=O) groups is 2. The highest BCUT2D eigenvalue weighted by Gasteiger charge is 2.45. The normalized spacial score (nSPS) is 20.4. The van der Waals surface area contributed by atoms with Crippen LogP contribution in [0.3, 0.4) is 0 Å².